The van der Waals surface area contributed by atoms with Gasteiger partial charge in [-0.3, -0.25) is 9.59 Å². The second kappa shape index (κ2) is 5.25. The Hall–Kier alpha value is -1.91. The van der Waals surface area contributed by atoms with Crippen LogP contribution >= 0.6 is 0 Å². The lowest BCUT2D eigenvalue weighted by Gasteiger charge is -2.10. The summed E-state index contributed by atoms with van der Waals surface area (Å²) in [5.74, 6) is -3.66. The molecule has 5 heteroatoms. The predicted octanol–water partition coefficient (Wildman–Crippen LogP) is 1.88. The zero-order valence-electron chi connectivity index (χ0n) is 8.74. The maximum Gasteiger partial charge on any atom is 0.316 e. The van der Waals surface area contributed by atoms with Crippen LogP contribution in [-0.2, 0) is 9.59 Å². The number of hydrogen-bond acceptors (Lipinski definition) is 2. The van der Waals surface area contributed by atoms with Crippen molar-refractivity contribution >= 4 is 17.6 Å². The highest BCUT2D eigenvalue weighted by Gasteiger charge is 2.24. The molecule has 4 nitrogen and oxygen atoms in total. The molecule has 0 saturated heterocycles. The van der Waals surface area contributed by atoms with Crippen molar-refractivity contribution in [3.8, 4) is 0 Å². The fraction of sp³-hybridized carbons (Fsp3) is 0.273. The number of aliphatic carboxylic acids is 1. The SMILES string of the molecule is CCC(C(=O)O)C(=O)Nc1ccccc1F. The number of rotatable bonds is 4. The lowest BCUT2D eigenvalue weighted by molar-refractivity contribution is -0.145. The van der Waals surface area contributed by atoms with E-state index >= 15 is 0 Å². The zero-order valence-corrected chi connectivity index (χ0v) is 8.74. The van der Waals surface area contributed by atoms with Crippen molar-refractivity contribution in [1.29, 1.82) is 0 Å². The third-order valence-electron chi connectivity index (χ3n) is 2.15. The second-order valence-electron chi connectivity index (χ2n) is 3.27. The number of anilines is 1. The van der Waals surface area contributed by atoms with Crippen LogP contribution < -0.4 is 5.32 Å². The van der Waals surface area contributed by atoms with Crippen LogP contribution in [0.15, 0.2) is 24.3 Å². The third kappa shape index (κ3) is 2.79. The van der Waals surface area contributed by atoms with Crippen LogP contribution in [0, 0.1) is 11.7 Å². The first-order valence-corrected chi connectivity index (χ1v) is 4.84. The molecule has 0 bridgehead atoms. The highest BCUT2D eigenvalue weighted by molar-refractivity contribution is 6.04. The Bertz CT molecular complexity index is 406. The van der Waals surface area contributed by atoms with E-state index in [2.05, 4.69) is 5.32 Å². The van der Waals surface area contributed by atoms with E-state index < -0.39 is 23.6 Å². The molecule has 16 heavy (non-hydrogen) atoms. The van der Waals surface area contributed by atoms with E-state index in [-0.39, 0.29) is 12.1 Å². The summed E-state index contributed by atoms with van der Waals surface area (Å²) in [6.45, 7) is 1.58. The molecule has 0 aliphatic heterocycles. The maximum absolute atomic E-state index is 13.2. The topological polar surface area (TPSA) is 66.4 Å². The molecular formula is C11H12FNO3. The molecule has 1 rings (SSSR count). The molecule has 1 unspecified atom stereocenters. The highest BCUT2D eigenvalue weighted by atomic mass is 19.1. The number of para-hydroxylation sites is 1. The van der Waals surface area contributed by atoms with Gasteiger partial charge in [0.1, 0.15) is 11.7 Å². The fourth-order valence-electron chi connectivity index (χ4n) is 1.25. The number of amides is 1. The van der Waals surface area contributed by atoms with Crippen LogP contribution in [-0.4, -0.2) is 17.0 Å². The highest BCUT2D eigenvalue weighted by Crippen LogP contribution is 2.14. The summed E-state index contributed by atoms with van der Waals surface area (Å²) in [7, 11) is 0. The van der Waals surface area contributed by atoms with E-state index in [0.717, 1.165) is 0 Å². The van der Waals surface area contributed by atoms with Crippen molar-refractivity contribution < 1.29 is 19.1 Å². The minimum atomic E-state index is -1.21. The Morgan fingerprint density at radius 1 is 1.44 bits per heavy atom. The standard InChI is InChI=1S/C11H12FNO3/c1-2-7(11(15)16)10(14)13-9-6-4-3-5-8(9)12/h3-7H,2H2,1H3,(H,13,14)(H,15,16). The summed E-state index contributed by atoms with van der Waals surface area (Å²) in [5, 5.41) is 11.0. The summed E-state index contributed by atoms with van der Waals surface area (Å²) in [6.07, 6.45) is 0.162. The average Bonchev–Trinajstić information content (AvgIpc) is 2.22. The minimum Gasteiger partial charge on any atom is -0.481 e. The van der Waals surface area contributed by atoms with Gasteiger partial charge in [-0.25, -0.2) is 4.39 Å². The Morgan fingerprint density at radius 3 is 2.56 bits per heavy atom. The van der Waals surface area contributed by atoms with Crippen LogP contribution in [0.4, 0.5) is 10.1 Å². The van der Waals surface area contributed by atoms with Crippen molar-refractivity contribution in [2.24, 2.45) is 5.92 Å². The number of halogens is 1. The summed E-state index contributed by atoms with van der Waals surface area (Å²) < 4.78 is 13.2. The molecule has 0 spiro atoms. The predicted molar refractivity (Wildman–Crippen MR) is 56.4 cm³/mol. The summed E-state index contributed by atoms with van der Waals surface area (Å²) in [5.41, 5.74) is -0.00722. The van der Waals surface area contributed by atoms with Gasteiger partial charge in [0.2, 0.25) is 5.91 Å². The Kier molecular flexibility index (Phi) is 3.99. The van der Waals surface area contributed by atoms with Crippen molar-refractivity contribution in [2.75, 3.05) is 5.32 Å². The normalized spacial score (nSPS) is 11.9. The molecule has 0 saturated carbocycles. The van der Waals surface area contributed by atoms with E-state index in [1.807, 2.05) is 0 Å². The number of benzene rings is 1. The molecule has 0 radical (unpaired) electrons. The van der Waals surface area contributed by atoms with Crippen molar-refractivity contribution in [1.82, 2.24) is 0 Å². The van der Waals surface area contributed by atoms with Gasteiger partial charge in [0, 0.05) is 0 Å². The average molecular weight is 225 g/mol. The van der Waals surface area contributed by atoms with E-state index in [1.165, 1.54) is 18.2 Å². The largest absolute Gasteiger partial charge is 0.481 e. The Morgan fingerprint density at radius 2 is 2.06 bits per heavy atom. The summed E-state index contributed by atoms with van der Waals surface area (Å²) in [6, 6.07) is 5.61. The Balaban J connectivity index is 2.78. The van der Waals surface area contributed by atoms with Crippen LogP contribution in [0.1, 0.15) is 13.3 Å². The molecule has 0 aromatic heterocycles. The van der Waals surface area contributed by atoms with Crippen molar-refractivity contribution in [2.45, 2.75) is 13.3 Å². The molecule has 0 aliphatic rings. The van der Waals surface area contributed by atoms with Gasteiger partial charge in [-0.05, 0) is 18.6 Å². The molecule has 0 fully saturated rings. The molecule has 1 amide bonds. The van der Waals surface area contributed by atoms with Gasteiger partial charge in [-0.15, -0.1) is 0 Å². The lowest BCUT2D eigenvalue weighted by atomic mass is 10.1. The number of nitrogens with one attached hydrogen (secondary N) is 1. The van der Waals surface area contributed by atoms with Crippen LogP contribution in [0.25, 0.3) is 0 Å². The van der Waals surface area contributed by atoms with Crippen molar-refractivity contribution in [3.05, 3.63) is 30.1 Å². The van der Waals surface area contributed by atoms with Gasteiger partial charge in [0.05, 0.1) is 5.69 Å². The van der Waals surface area contributed by atoms with Gasteiger partial charge in [0.15, 0.2) is 0 Å². The molecule has 1 atom stereocenters. The van der Waals surface area contributed by atoms with Gasteiger partial charge in [-0.2, -0.15) is 0 Å². The first-order chi connectivity index (χ1) is 7.56. The molecule has 0 heterocycles. The number of hydrogen-bond donors (Lipinski definition) is 2. The van der Waals surface area contributed by atoms with Gasteiger partial charge < -0.3 is 10.4 Å². The molecule has 86 valence electrons. The van der Waals surface area contributed by atoms with E-state index in [1.54, 1.807) is 13.0 Å². The van der Waals surface area contributed by atoms with E-state index in [9.17, 15) is 14.0 Å². The quantitative estimate of drug-likeness (QED) is 0.769. The molecular weight excluding hydrogens is 213 g/mol. The monoisotopic (exact) mass is 225 g/mol. The number of carboxylic acids is 1. The first kappa shape index (κ1) is 12.2. The molecule has 1 aromatic rings. The van der Waals surface area contributed by atoms with Crippen LogP contribution in [0.2, 0.25) is 0 Å². The smallest absolute Gasteiger partial charge is 0.316 e. The minimum absolute atomic E-state index is 0.00722. The Labute approximate surface area is 92.1 Å². The van der Waals surface area contributed by atoms with Gasteiger partial charge in [-0.1, -0.05) is 19.1 Å². The van der Waals surface area contributed by atoms with E-state index in [4.69, 9.17) is 5.11 Å². The van der Waals surface area contributed by atoms with Gasteiger partial charge in [0.25, 0.3) is 0 Å². The summed E-state index contributed by atoms with van der Waals surface area (Å²) in [4.78, 5) is 22.2. The summed E-state index contributed by atoms with van der Waals surface area (Å²) >= 11 is 0. The first-order valence-electron chi connectivity index (χ1n) is 4.84. The number of carboxylic acid groups (broad SMARTS) is 1. The lowest BCUT2D eigenvalue weighted by Crippen LogP contribution is -2.29. The zero-order chi connectivity index (χ0) is 12.1. The molecule has 1 aromatic carbocycles. The fourth-order valence-corrected chi connectivity index (χ4v) is 1.25. The third-order valence-corrected chi connectivity index (χ3v) is 2.15. The number of carbonyl (C=O) groups is 2. The second-order valence-corrected chi connectivity index (χ2v) is 3.27. The molecule has 2 N–H and O–H groups in total. The van der Waals surface area contributed by atoms with Crippen molar-refractivity contribution in [3.63, 3.8) is 0 Å². The van der Waals surface area contributed by atoms with Crippen LogP contribution in [0.5, 0.6) is 0 Å². The van der Waals surface area contributed by atoms with Gasteiger partial charge >= 0.3 is 5.97 Å². The van der Waals surface area contributed by atoms with E-state index in [0.29, 0.717) is 0 Å². The molecule has 0 aliphatic carbocycles. The number of carbonyl (C=O) groups excluding carboxylic acids is 1. The van der Waals surface area contributed by atoms with Crippen LogP contribution in [0.3, 0.4) is 0 Å². The maximum atomic E-state index is 13.2.